The number of hydrogen-bond donors (Lipinski definition) is 0. The van der Waals surface area contributed by atoms with Crippen LogP contribution in [0.5, 0.6) is 11.5 Å². The highest BCUT2D eigenvalue weighted by Gasteiger charge is 2.52. The van der Waals surface area contributed by atoms with Gasteiger partial charge >= 0.3 is 0 Å². The molecular weight excluding hydrogens is 1030 g/mol. The number of fused-ring (bicyclic) bond motifs is 19. The van der Waals surface area contributed by atoms with Gasteiger partial charge in [-0.25, -0.2) is 0 Å². The highest BCUT2D eigenvalue weighted by molar-refractivity contribution is 6.07. The van der Waals surface area contributed by atoms with Gasteiger partial charge in [0.05, 0.1) is 10.8 Å². The molecule has 0 radical (unpaired) electrons. The summed E-state index contributed by atoms with van der Waals surface area (Å²) in [7, 11) is 0. The van der Waals surface area contributed by atoms with Gasteiger partial charge in [-0.1, -0.05) is 249 Å². The molecule has 2 heterocycles. The Bertz CT molecular complexity index is 5100. The Hall–Kier alpha value is -11.0. The van der Waals surface area contributed by atoms with Crippen LogP contribution in [-0.4, -0.2) is 0 Å². The first-order valence-corrected chi connectivity index (χ1v) is 29.4. The average Bonchev–Trinajstić information content (AvgIpc) is 1.70. The fraction of sp³-hybridized carbons (Fsp3) is 0.0244. The first-order chi connectivity index (χ1) is 42.1. The number of nitrogens with zero attached hydrogens (tertiary/aromatic N) is 1. The zero-order valence-electron chi connectivity index (χ0n) is 46.2. The molecular formula is C82H51NO2. The Morgan fingerprint density at radius 1 is 0.247 bits per heavy atom. The summed E-state index contributed by atoms with van der Waals surface area (Å²) in [5.74, 6) is 1.83. The van der Waals surface area contributed by atoms with E-state index in [0.29, 0.717) is 0 Å². The highest BCUT2D eigenvalue weighted by Crippen LogP contribution is 2.65. The van der Waals surface area contributed by atoms with Gasteiger partial charge in [0.1, 0.15) is 22.7 Å². The summed E-state index contributed by atoms with van der Waals surface area (Å²) in [6, 6.07) is 114. The third-order valence-electron chi connectivity index (χ3n) is 18.8. The molecule has 3 aliphatic rings. The van der Waals surface area contributed by atoms with Crippen molar-refractivity contribution in [1.29, 1.82) is 0 Å². The lowest BCUT2D eigenvalue weighted by Crippen LogP contribution is -2.32. The number of hydrogen-bond acceptors (Lipinski definition) is 3. The van der Waals surface area contributed by atoms with Crippen LogP contribution in [0.1, 0.15) is 44.5 Å². The zero-order valence-corrected chi connectivity index (χ0v) is 46.2. The van der Waals surface area contributed by atoms with Gasteiger partial charge in [-0.15, -0.1) is 0 Å². The predicted molar refractivity (Wildman–Crippen MR) is 349 cm³/mol. The van der Waals surface area contributed by atoms with Crippen LogP contribution in [0, 0.1) is 0 Å². The molecule has 2 aliphatic carbocycles. The predicted octanol–water partition coefficient (Wildman–Crippen LogP) is 21.5. The first kappa shape index (κ1) is 47.6. The molecule has 85 heavy (non-hydrogen) atoms. The van der Waals surface area contributed by atoms with Crippen molar-refractivity contribution >= 4 is 60.5 Å². The smallest absolute Gasteiger partial charge is 0.140 e. The van der Waals surface area contributed by atoms with Crippen molar-refractivity contribution in [3.63, 3.8) is 0 Å². The molecule has 1 spiro atoms. The molecule has 0 saturated heterocycles. The summed E-state index contributed by atoms with van der Waals surface area (Å²) in [5, 5.41) is 6.75. The van der Waals surface area contributed by atoms with E-state index in [1.807, 2.05) is 12.1 Å². The number of benzene rings is 14. The van der Waals surface area contributed by atoms with E-state index < -0.39 is 10.8 Å². The van der Waals surface area contributed by atoms with E-state index in [4.69, 9.17) is 9.15 Å². The topological polar surface area (TPSA) is 25.6 Å². The standard InChI is InChI=1S/C82H51NO2/c1-3-21-58(22-4-1)81(59-23-5-2-6-24-59)71-31-14-12-29-66(71)69-51-62(42-46-73(69)81)83(60-40-34-52(35-41-60)56-39-47-78-70(49-56)68-30-13-16-33-77(68)84-78)61-25-17-20-55(48-61)57-36-43-67-65-28-11-15-32-72(65)82(76(67)50-57)74-44-37-53-18-7-9-26-63(53)79(74)85-80-64-27-10-8-19-54(64)38-45-75(80)82/h1-51H. The molecule has 0 amide bonds. The van der Waals surface area contributed by atoms with Gasteiger partial charge in [0, 0.05) is 49.7 Å². The van der Waals surface area contributed by atoms with Gasteiger partial charge in [0.2, 0.25) is 0 Å². The fourth-order valence-corrected chi connectivity index (χ4v) is 15.1. The van der Waals surface area contributed by atoms with E-state index in [1.54, 1.807) is 0 Å². The van der Waals surface area contributed by atoms with E-state index in [2.05, 4.69) is 302 Å². The van der Waals surface area contributed by atoms with Crippen molar-refractivity contribution in [2.75, 3.05) is 4.90 Å². The fourth-order valence-electron chi connectivity index (χ4n) is 15.1. The van der Waals surface area contributed by atoms with E-state index in [-0.39, 0.29) is 0 Å². The van der Waals surface area contributed by atoms with Crippen LogP contribution in [-0.2, 0) is 10.8 Å². The van der Waals surface area contributed by atoms with Gasteiger partial charge in [0.25, 0.3) is 0 Å². The molecule has 1 aliphatic heterocycles. The number of ether oxygens (including phenoxy) is 1. The molecule has 0 unspecified atom stereocenters. The molecule has 0 bridgehead atoms. The first-order valence-electron chi connectivity index (χ1n) is 29.4. The Kier molecular flexibility index (Phi) is 10.2. The van der Waals surface area contributed by atoms with Crippen molar-refractivity contribution < 1.29 is 9.15 Å². The maximum atomic E-state index is 7.32. The Balaban J connectivity index is 0.831. The number of rotatable bonds is 7. The summed E-state index contributed by atoms with van der Waals surface area (Å²) in [6.45, 7) is 0. The van der Waals surface area contributed by atoms with Crippen LogP contribution >= 0.6 is 0 Å². The van der Waals surface area contributed by atoms with Gasteiger partial charge in [0.15, 0.2) is 0 Å². The molecule has 15 aromatic rings. The molecule has 3 heteroatoms. The molecule has 396 valence electrons. The monoisotopic (exact) mass is 1080 g/mol. The van der Waals surface area contributed by atoms with Crippen LogP contribution in [0.15, 0.2) is 314 Å². The maximum absolute atomic E-state index is 7.32. The van der Waals surface area contributed by atoms with Crippen LogP contribution < -0.4 is 9.64 Å². The molecule has 14 aromatic carbocycles. The van der Waals surface area contributed by atoms with Crippen molar-refractivity contribution in [3.05, 3.63) is 354 Å². The van der Waals surface area contributed by atoms with E-state index in [0.717, 1.165) is 105 Å². The van der Waals surface area contributed by atoms with Crippen LogP contribution in [0.25, 0.3) is 88.0 Å². The second-order valence-electron chi connectivity index (χ2n) is 23.0. The van der Waals surface area contributed by atoms with Gasteiger partial charge in [-0.05, 0) is 149 Å². The molecule has 0 atom stereocenters. The van der Waals surface area contributed by atoms with Crippen molar-refractivity contribution in [2.45, 2.75) is 10.8 Å². The largest absolute Gasteiger partial charge is 0.456 e. The third kappa shape index (κ3) is 6.78. The number of anilines is 3. The summed E-state index contributed by atoms with van der Waals surface area (Å²) in [5.41, 5.74) is 23.1. The molecule has 0 fully saturated rings. The number of para-hydroxylation sites is 1. The summed E-state index contributed by atoms with van der Waals surface area (Å²) in [4.78, 5) is 2.44. The summed E-state index contributed by atoms with van der Waals surface area (Å²) < 4.78 is 13.6. The minimum atomic E-state index is -0.672. The quantitative estimate of drug-likeness (QED) is 0.159. The van der Waals surface area contributed by atoms with Crippen LogP contribution in [0.4, 0.5) is 17.1 Å². The lowest BCUT2D eigenvalue weighted by atomic mass is 9.65. The van der Waals surface area contributed by atoms with Gasteiger partial charge < -0.3 is 14.1 Å². The summed E-state index contributed by atoms with van der Waals surface area (Å²) in [6.07, 6.45) is 0. The van der Waals surface area contributed by atoms with Crippen molar-refractivity contribution in [3.8, 4) is 56.0 Å². The second kappa shape index (κ2) is 18.2. The minimum absolute atomic E-state index is 0.517. The highest BCUT2D eigenvalue weighted by atomic mass is 16.5. The Morgan fingerprint density at radius 3 is 1.45 bits per heavy atom. The van der Waals surface area contributed by atoms with Gasteiger partial charge in [-0.2, -0.15) is 0 Å². The Morgan fingerprint density at radius 2 is 0.741 bits per heavy atom. The van der Waals surface area contributed by atoms with Gasteiger partial charge in [-0.3, -0.25) is 0 Å². The molecule has 0 N–H and O–H groups in total. The van der Waals surface area contributed by atoms with Crippen LogP contribution in [0.2, 0.25) is 0 Å². The lowest BCUT2D eigenvalue weighted by Gasteiger charge is -2.40. The lowest BCUT2D eigenvalue weighted by molar-refractivity contribution is 0.447. The maximum Gasteiger partial charge on any atom is 0.140 e. The van der Waals surface area contributed by atoms with Crippen molar-refractivity contribution in [1.82, 2.24) is 0 Å². The van der Waals surface area contributed by atoms with E-state index in [9.17, 15) is 0 Å². The van der Waals surface area contributed by atoms with Crippen molar-refractivity contribution in [2.24, 2.45) is 0 Å². The SMILES string of the molecule is c1ccc(C2(c3ccccc3)c3ccccc3-c3cc(N(c4ccc(-c5ccc6oc7ccccc7c6c5)cc4)c4cccc(-c5ccc6c(c5)C5(c7ccccc7-6)c6ccc7ccccc7c6Oc6c5ccc5ccccc65)c4)ccc32)cc1. The Labute approximate surface area is 492 Å². The minimum Gasteiger partial charge on any atom is -0.456 e. The second-order valence-corrected chi connectivity index (χ2v) is 23.0. The number of furan rings is 1. The summed E-state index contributed by atoms with van der Waals surface area (Å²) >= 11 is 0. The van der Waals surface area contributed by atoms with E-state index >= 15 is 0 Å². The van der Waals surface area contributed by atoms with E-state index in [1.165, 1.54) is 55.6 Å². The average molecular weight is 1080 g/mol. The zero-order chi connectivity index (χ0) is 55.8. The molecule has 18 rings (SSSR count). The molecule has 0 saturated carbocycles. The molecule has 1 aromatic heterocycles. The molecule has 3 nitrogen and oxygen atoms in total. The normalized spacial score (nSPS) is 13.7. The third-order valence-corrected chi connectivity index (χ3v) is 18.8. The van der Waals surface area contributed by atoms with Crippen LogP contribution in [0.3, 0.4) is 0 Å².